The molecule has 21 nitrogen and oxygen atoms in total. The Morgan fingerprint density at radius 1 is 0.854 bits per heavy atom. The monoisotopic (exact) mass is 1140 g/mol. The lowest BCUT2D eigenvalue weighted by molar-refractivity contribution is -0.146. The van der Waals surface area contributed by atoms with Gasteiger partial charge in [0.25, 0.3) is 0 Å². The third-order valence-corrected chi connectivity index (χ3v) is 17.0. The lowest BCUT2D eigenvalue weighted by Crippen LogP contribution is -2.58. The van der Waals surface area contributed by atoms with E-state index >= 15 is 0 Å². The number of aryl methyl sites for hydroxylation is 1. The number of fused-ring (bicyclic) bond motifs is 1. The molecule has 7 heterocycles. The second kappa shape index (κ2) is 26.2. The van der Waals surface area contributed by atoms with Gasteiger partial charge in [0.05, 0.1) is 52.7 Å². The maximum atomic E-state index is 14.1. The molecule has 10 rings (SSSR count). The predicted molar refractivity (Wildman–Crippen MR) is 315 cm³/mol. The molecule has 0 unspecified atom stereocenters. The minimum absolute atomic E-state index is 0.00311. The number of nitrogens with one attached hydrogen (secondary N) is 3. The second-order valence-electron chi connectivity index (χ2n) is 23.3. The molecule has 3 amide bonds. The van der Waals surface area contributed by atoms with Gasteiger partial charge in [-0.15, -0.1) is 11.3 Å². The zero-order valence-corrected chi connectivity index (χ0v) is 49.1. The molecule has 4 fully saturated rings. The molecule has 2 aromatic carbocycles. The van der Waals surface area contributed by atoms with Crippen LogP contribution in [-0.4, -0.2) is 171 Å². The summed E-state index contributed by atoms with van der Waals surface area (Å²) in [5.74, 6) is 2.53. The molecule has 6 aromatic rings. The molecule has 4 aromatic heterocycles. The number of carbonyl (C=O) groups is 3. The molecular weight excluding hydrogens is 1060 g/mol. The summed E-state index contributed by atoms with van der Waals surface area (Å²) in [7, 11) is 1.77. The van der Waals surface area contributed by atoms with Gasteiger partial charge in [0.2, 0.25) is 23.7 Å². The fourth-order valence-electron chi connectivity index (χ4n) is 11.2. The average Bonchev–Trinajstić information content (AvgIpc) is 4.21. The van der Waals surface area contributed by atoms with Crippen molar-refractivity contribution in [2.45, 2.75) is 129 Å². The number of piperidine rings is 1. The molecule has 3 aliphatic heterocycles. The van der Waals surface area contributed by atoms with E-state index < -0.39 is 35.4 Å². The summed E-state index contributed by atoms with van der Waals surface area (Å²) in [6, 6.07) is 18.4. The zero-order chi connectivity index (χ0) is 57.5. The predicted octanol–water partition coefficient (Wildman–Crippen LogP) is 6.67. The van der Waals surface area contributed by atoms with Gasteiger partial charge in [-0.1, -0.05) is 45.0 Å². The highest BCUT2D eigenvalue weighted by molar-refractivity contribution is 7.13. The number of hydrogen-bond donors (Lipinski definition) is 4. The van der Waals surface area contributed by atoms with Crippen LogP contribution in [0.1, 0.15) is 89.8 Å². The van der Waals surface area contributed by atoms with Gasteiger partial charge in [-0.05, 0) is 80.5 Å². The lowest BCUT2D eigenvalue weighted by Gasteiger charge is -2.37. The normalized spacial score (nSPS) is 20.3. The standard InChI is InChI=1S/C60H79N13O8S/c1-38(2)73-49-31-52(66-51-16-19-61-59(67-51)71-20-17-44(78-7)18-21-71)62-33-48(49)65-53(73)35-79-27-26-69-22-24-70(25-23-69)42-12-14-45(15-13-42)81-47-29-46(30-47)80-36-54(75)68-56(60(4,5)6)58(77)72-34-43(74)28-50(72)57(76)63-32-40-8-10-41(11-9-40)55-39(3)64-37-82-55/h8-16,19,31,33,37-38,43-44,46-47,50,56,74H,17-18,20-30,32,34-36H2,1-7H3,(H,63,76)(H,68,75)(H,61,62,66,67)/t43-,46-,47-,50+,56-/m1/s1. The number of amides is 3. The SMILES string of the molecule is COC1CCN(c2nccc(Nc3cc4c(cn3)nc(COCCN3CCN(c5ccc(O[C@H]6C[C@H](OCC(=O)N[C@H](C(=O)N7C[C@H](O)C[C@H]7C(=O)NCc7ccc(-c8scnc8C)cc7)C(C)(C)C)C6)cc5)CC3)n4C(C)C)n2)CC1. The highest BCUT2D eigenvalue weighted by atomic mass is 32.1. The maximum absolute atomic E-state index is 14.1. The van der Waals surface area contributed by atoms with Crippen molar-refractivity contribution in [1.29, 1.82) is 0 Å². The van der Waals surface area contributed by atoms with Gasteiger partial charge in [-0.3, -0.25) is 19.3 Å². The second-order valence-corrected chi connectivity index (χ2v) is 24.2. The number of carbonyl (C=O) groups excluding carboxylic acids is 3. The van der Waals surface area contributed by atoms with Crippen LogP contribution in [0, 0.1) is 12.3 Å². The minimum Gasteiger partial charge on any atom is -0.490 e. The van der Waals surface area contributed by atoms with Crippen LogP contribution in [0.2, 0.25) is 0 Å². The van der Waals surface area contributed by atoms with E-state index in [4.69, 9.17) is 28.9 Å². The minimum atomic E-state index is -0.948. The number of benzene rings is 2. The lowest BCUT2D eigenvalue weighted by atomic mass is 9.85. The molecule has 3 saturated heterocycles. The van der Waals surface area contributed by atoms with Crippen molar-refractivity contribution in [2.75, 3.05) is 87.8 Å². The Balaban J connectivity index is 0.617. The fourth-order valence-corrected chi connectivity index (χ4v) is 12.0. The quantitative estimate of drug-likeness (QED) is 0.0521. The Labute approximate surface area is 484 Å². The van der Waals surface area contributed by atoms with Crippen molar-refractivity contribution >= 4 is 63.4 Å². The highest BCUT2D eigenvalue weighted by Crippen LogP contribution is 2.32. The molecule has 4 aliphatic rings. The first-order valence-corrected chi connectivity index (χ1v) is 29.7. The van der Waals surface area contributed by atoms with Gasteiger partial charge < -0.3 is 59.3 Å². The van der Waals surface area contributed by atoms with Crippen molar-refractivity contribution < 1.29 is 38.4 Å². The average molecular weight is 1140 g/mol. The number of piperazine rings is 1. The number of aromatic nitrogens is 6. The Morgan fingerprint density at radius 3 is 2.30 bits per heavy atom. The number of ether oxygens (including phenoxy) is 4. The van der Waals surface area contributed by atoms with Crippen LogP contribution in [0.4, 0.5) is 23.3 Å². The van der Waals surface area contributed by atoms with Crippen LogP contribution >= 0.6 is 11.3 Å². The van der Waals surface area contributed by atoms with Crippen LogP contribution in [0.15, 0.2) is 78.6 Å². The summed E-state index contributed by atoms with van der Waals surface area (Å²) in [6.07, 6.45) is 6.09. The van der Waals surface area contributed by atoms with Crippen molar-refractivity contribution in [1.82, 2.24) is 49.9 Å². The Morgan fingerprint density at radius 2 is 1.61 bits per heavy atom. The zero-order valence-electron chi connectivity index (χ0n) is 48.3. The van der Waals surface area contributed by atoms with E-state index in [0.717, 1.165) is 109 Å². The van der Waals surface area contributed by atoms with Crippen LogP contribution < -0.4 is 30.5 Å². The van der Waals surface area contributed by atoms with E-state index in [0.29, 0.717) is 43.6 Å². The summed E-state index contributed by atoms with van der Waals surface area (Å²) in [5.41, 5.74) is 7.02. The number of likely N-dealkylation sites (tertiary alicyclic amines) is 1. The number of hydrogen-bond acceptors (Lipinski definition) is 18. The number of rotatable bonds is 22. The van der Waals surface area contributed by atoms with Gasteiger partial charge in [0, 0.05) is 109 Å². The smallest absolute Gasteiger partial charge is 0.246 e. The number of β-amino-alcohol motifs (C(OH)–C–C–N with tert-alkyl or cyclic N) is 1. The van der Waals surface area contributed by atoms with E-state index in [2.05, 4.69) is 76.1 Å². The summed E-state index contributed by atoms with van der Waals surface area (Å²) in [5, 5.41) is 19.9. The molecule has 3 atom stereocenters. The topological polar surface area (TPSA) is 227 Å². The largest absolute Gasteiger partial charge is 0.490 e. The van der Waals surface area contributed by atoms with Gasteiger partial charge >= 0.3 is 0 Å². The summed E-state index contributed by atoms with van der Waals surface area (Å²) in [6.45, 7) is 19.1. The fraction of sp³-hybridized carbons (Fsp3) is 0.533. The first-order valence-electron chi connectivity index (χ1n) is 28.8. The summed E-state index contributed by atoms with van der Waals surface area (Å²) in [4.78, 5) is 73.8. The van der Waals surface area contributed by atoms with Gasteiger partial charge in [-0.2, -0.15) is 4.98 Å². The van der Waals surface area contributed by atoms with Crippen LogP contribution in [0.3, 0.4) is 0 Å². The van der Waals surface area contributed by atoms with Gasteiger partial charge in [0.15, 0.2) is 0 Å². The molecule has 0 spiro atoms. The number of nitrogens with zero attached hydrogens (tertiary/aromatic N) is 10. The number of aliphatic hydroxyl groups excluding tert-OH is 1. The van der Waals surface area contributed by atoms with Gasteiger partial charge in [-0.25, -0.2) is 19.9 Å². The third kappa shape index (κ3) is 14.3. The number of pyridine rings is 1. The van der Waals surface area contributed by atoms with Gasteiger partial charge in [0.1, 0.15) is 60.1 Å². The Bertz CT molecular complexity index is 3110. The molecule has 1 aliphatic carbocycles. The Hall–Kier alpha value is -6.82. The number of imidazole rings is 1. The molecule has 1 saturated carbocycles. The molecule has 22 heteroatoms. The molecule has 0 radical (unpaired) electrons. The molecular formula is C60H79N13O8S. The molecule has 4 N–H and O–H groups in total. The van der Waals surface area contributed by atoms with E-state index in [1.165, 1.54) is 4.90 Å². The first kappa shape index (κ1) is 58.4. The van der Waals surface area contributed by atoms with Crippen molar-refractivity contribution in [3.8, 4) is 16.2 Å². The van der Waals surface area contributed by atoms with Crippen molar-refractivity contribution in [2.24, 2.45) is 5.41 Å². The number of anilines is 4. The van der Waals surface area contributed by atoms with E-state index in [1.54, 1.807) is 30.8 Å². The van der Waals surface area contributed by atoms with Crippen molar-refractivity contribution in [3.05, 3.63) is 95.6 Å². The highest BCUT2D eigenvalue weighted by Gasteiger charge is 2.45. The van der Waals surface area contributed by atoms with Crippen LogP contribution in [0.5, 0.6) is 5.75 Å². The summed E-state index contributed by atoms with van der Waals surface area (Å²) < 4.78 is 26.3. The number of aliphatic hydroxyl groups is 1. The Kier molecular flexibility index (Phi) is 18.6. The third-order valence-electron chi connectivity index (χ3n) is 16.0. The van der Waals surface area contributed by atoms with E-state index in [-0.39, 0.29) is 56.4 Å². The molecule has 0 bridgehead atoms. The summed E-state index contributed by atoms with van der Waals surface area (Å²) >= 11 is 1.58. The van der Waals surface area contributed by atoms with Crippen LogP contribution in [-0.2, 0) is 41.7 Å². The number of thiazole rings is 1. The van der Waals surface area contributed by atoms with Crippen LogP contribution in [0.25, 0.3) is 21.5 Å². The maximum Gasteiger partial charge on any atom is 0.246 e. The van der Waals surface area contributed by atoms with Crippen molar-refractivity contribution in [3.63, 3.8) is 0 Å². The molecule has 82 heavy (non-hydrogen) atoms. The molecule has 438 valence electrons. The van der Waals surface area contributed by atoms with E-state index in [1.807, 2.05) is 81.7 Å². The first-order chi connectivity index (χ1) is 39.5. The number of methoxy groups -OCH3 is 1. The van der Waals surface area contributed by atoms with E-state index in [9.17, 15) is 19.5 Å².